The maximum Gasteiger partial charge on any atom is 0.161 e. The fraction of sp³-hybridized carbons (Fsp3) is 0.538. The summed E-state index contributed by atoms with van der Waals surface area (Å²) in [4.78, 5) is 22.6. The smallest absolute Gasteiger partial charge is 0.161 e. The van der Waals surface area contributed by atoms with Gasteiger partial charge in [-0.05, 0) is 50.5 Å². The van der Waals surface area contributed by atoms with Crippen molar-refractivity contribution in [2.24, 2.45) is 5.92 Å². The van der Waals surface area contributed by atoms with Crippen molar-refractivity contribution in [2.45, 2.75) is 39.7 Å². The maximum absolute atomic E-state index is 11.7. The van der Waals surface area contributed by atoms with Gasteiger partial charge >= 0.3 is 0 Å². The van der Waals surface area contributed by atoms with Gasteiger partial charge in [0, 0.05) is 5.92 Å². The fourth-order valence-electron chi connectivity index (χ4n) is 2.04. The lowest BCUT2D eigenvalue weighted by Gasteiger charge is -2.34. The van der Waals surface area contributed by atoms with Gasteiger partial charge in [-0.15, -0.1) is 0 Å². The van der Waals surface area contributed by atoms with Crippen molar-refractivity contribution in [1.82, 2.24) is 0 Å². The Labute approximate surface area is 95.9 Å². The molecule has 0 saturated carbocycles. The Bertz CT molecular complexity index is 390. The highest BCUT2D eigenvalue weighted by molar-refractivity contribution is 5.98. The lowest BCUT2D eigenvalue weighted by molar-refractivity contribution is -0.121. The molecule has 2 atom stereocenters. The second-order valence-electron chi connectivity index (χ2n) is 4.59. The Morgan fingerprint density at radius 3 is 2.56 bits per heavy atom. The van der Waals surface area contributed by atoms with Crippen LogP contribution in [0.5, 0.6) is 0 Å². The Morgan fingerprint density at radius 1 is 1.50 bits per heavy atom. The van der Waals surface area contributed by atoms with Gasteiger partial charge in [-0.25, -0.2) is 0 Å². The van der Waals surface area contributed by atoms with Crippen molar-refractivity contribution >= 4 is 11.6 Å². The van der Waals surface area contributed by atoms with Gasteiger partial charge in [0.15, 0.2) is 11.6 Å². The topological polar surface area (TPSA) is 54.4 Å². The SMILES string of the molecule is CC(=O)C=CC1(O)CC(C)C(=O)C(C)=C1C. The number of carbonyl (C=O) groups is 2. The van der Waals surface area contributed by atoms with E-state index in [1.165, 1.54) is 19.1 Å². The van der Waals surface area contributed by atoms with Crippen LogP contribution in [0.1, 0.15) is 34.1 Å². The summed E-state index contributed by atoms with van der Waals surface area (Å²) >= 11 is 0. The highest BCUT2D eigenvalue weighted by Crippen LogP contribution is 2.35. The molecule has 16 heavy (non-hydrogen) atoms. The van der Waals surface area contributed by atoms with Crippen molar-refractivity contribution in [2.75, 3.05) is 0 Å². The van der Waals surface area contributed by atoms with Gasteiger partial charge in [0.05, 0.1) is 0 Å². The number of ketones is 2. The van der Waals surface area contributed by atoms with E-state index in [9.17, 15) is 14.7 Å². The van der Waals surface area contributed by atoms with Crippen molar-refractivity contribution in [3.8, 4) is 0 Å². The largest absolute Gasteiger partial charge is 0.381 e. The van der Waals surface area contributed by atoms with E-state index in [0.29, 0.717) is 17.6 Å². The highest BCUT2D eigenvalue weighted by atomic mass is 16.3. The van der Waals surface area contributed by atoms with E-state index >= 15 is 0 Å². The van der Waals surface area contributed by atoms with Crippen LogP contribution in [0.4, 0.5) is 0 Å². The molecule has 0 radical (unpaired) electrons. The van der Waals surface area contributed by atoms with Crippen molar-refractivity contribution in [3.63, 3.8) is 0 Å². The second kappa shape index (κ2) is 4.34. The van der Waals surface area contributed by atoms with E-state index in [2.05, 4.69) is 0 Å². The molecule has 0 aliphatic heterocycles. The summed E-state index contributed by atoms with van der Waals surface area (Å²) in [5.41, 5.74) is 0.103. The molecule has 0 saturated heterocycles. The van der Waals surface area contributed by atoms with Crippen LogP contribution < -0.4 is 0 Å². The minimum absolute atomic E-state index is 0.0819. The monoisotopic (exact) mass is 222 g/mol. The second-order valence-corrected chi connectivity index (χ2v) is 4.59. The summed E-state index contributed by atoms with van der Waals surface area (Å²) in [7, 11) is 0. The Balaban J connectivity index is 3.15. The molecule has 0 aromatic rings. The van der Waals surface area contributed by atoms with E-state index in [-0.39, 0.29) is 17.5 Å². The van der Waals surface area contributed by atoms with Crippen LogP contribution in [-0.4, -0.2) is 22.3 Å². The summed E-state index contributed by atoms with van der Waals surface area (Å²) in [6.45, 7) is 6.69. The molecule has 0 spiro atoms. The number of aliphatic hydroxyl groups is 1. The lowest BCUT2D eigenvalue weighted by atomic mass is 9.74. The number of allylic oxidation sites excluding steroid dienone is 2. The number of carbonyl (C=O) groups excluding carboxylic acids is 2. The Hall–Kier alpha value is -1.22. The fourth-order valence-corrected chi connectivity index (χ4v) is 2.04. The third kappa shape index (κ3) is 2.30. The molecule has 3 heteroatoms. The van der Waals surface area contributed by atoms with Gasteiger partial charge in [-0.2, -0.15) is 0 Å². The normalized spacial score (nSPS) is 31.3. The summed E-state index contributed by atoms with van der Waals surface area (Å²) in [5.74, 6) is -0.230. The summed E-state index contributed by atoms with van der Waals surface area (Å²) in [5, 5.41) is 10.4. The molecule has 88 valence electrons. The molecule has 1 N–H and O–H groups in total. The van der Waals surface area contributed by atoms with E-state index < -0.39 is 5.60 Å². The van der Waals surface area contributed by atoms with E-state index in [4.69, 9.17) is 0 Å². The molecule has 0 heterocycles. The first-order valence-corrected chi connectivity index (χ1v) is 5.42. The van der Waals surface area contributed by atoms with Crippen LogP contribution in [-0.2, 0) is 9.59 Å². The van der Waals surface area contributed by atoms with Crippen molar-refractivity contribution < 1.29 is 14.7 Å². The molecule has 2 unspecified atom stereocenters. The molecular formula is C13H18O3. The molecule has 0 amide bonds. The average molecular weight is 222 g/mol. The zero-order valence-corrected chi connectivity index (χ0v) is 10.2. The summed E-state index contributed by atoms with van der Waals surface area (Å²) in [6.07, 6.45) is 3.20. The average Bonchev–Trinajstić information content (AvgIpc) is 2.21. The third-order valence-corrected chi connectivity index (χ3v) is 3.24. The van der Waals surface area contributed by atoms with Gasteiger partial charge in [-0.1, -0.05) is 6.92 Å². The number of hydrogen-bond donors (Lipinski definition) is 1. The standard InChI is InChI=1S/C13H18O3/c1-8-7-13(16,6-5-9(2)14)11(4)10(3)12(8)15/h5-6,8,16H,7H2,1-4H3. The zero-order valence-electron chi connectivity index (χ0n) is 10.2. The third-order valence-electron chi connectivity index (χ3n) is 3.24. The van der Waals surface area contributed by atoms with E-state index in [1.54, 1.807) is 20.8 Å². The van der Waals surface area contributed by atoms with Gasteiger partial charge in [0.1, 0.15) is 5.60 Å². The van der Waals surface area contributed by atoms with Gasteiger partial charge < -0.3 is 5.11 Å². The van der Waals surface area contributed by atoms with Crippen LogP contribution in [0.2, 0.25) is 0 Å². The molecule has 3 nitrogen and oxygen atoms in total. The number of hydrogen-bond acceptors (Lipinski definition) is 3. The van der Waals surface area contributed by atoms with E-state index in [0.717, 1.165) is 0 Å². The highest BCUT2D eigenvalue weighted by Gasteiger charge is 2.37. The predicted molar refractivity (Wildman–Crippen MR) is 61.9 cm³/mol. The minimum Gasteiger partial charge on any atom is -0.381 e. The maximum atomic E-state index is 11.7. The quantitative estimate of drug-likeness (QED) is 0.725. The molecule has 0 aromatic carbocycles. The molecule has 0 aromatic heterocycles. The first-order valence-electron chi connectivity index (χ1n) is 5.42. The number of rotatable bonds is 2. The van der Waals surface area contributed by atoms with Gasteiger partial charge in [-0.3, -0.25) is 9.59 Å². The first kappa shape index (κ1) is 12.8. The van der Waals surface area contributed by atoms with Crippen LogP contribution in [0.25, 0.3) is 0 Å². The summed E-state index contributed by atoms with van der Waals surface area (Å²) in [6, 6.07) is 0. The van der Waals surface area contributed by atoms with Crippen molar-refractivity contribution in [1.29, 1.82) is 0 Å². The van der Waals surface area contributed by atoms with Crippen LogP contribution >= 0.6 is 0 Å². The van der Waals surface area contributed by atoms with Crippen LogP contribution in [0.15, 0.2) is 23.3 Å². The van der Waals surface area contributed by atoms with Gasteiger partial charge in [0.25, 0.3) is 0 Å². The summed E-state index contributed by atoms with van der Waals surface area (Å²) < 4.78 is 0. The van der Waals surface area contributed by atoms with Crippen molar-refractivity contribution in [3.05, 3.63) is 23.3 Å². The molecule has 0 bridgehead atoms. The molecule has 1 rings (SSSR count). The minimum atomic E-state index is -1.15. The predicted octanol–water partition coefficient (Wildman–Crippen LogP) is 1.81. The van der Waals surface area contributed by atoms with Crippen LogP contribution in [0.3, 0.4) is 0 Å². The Kier molecular flexibility index (Phi) is 3.48. The van der Waals surface area contributed by atoms with Gasteiger partial charge in [0.2, 0.25) is 0 Å². The molecular weight excluding hydrogens is 204 g/mol. The van der Waals surface area contributed by atoms with Crippen LogP contribution in [0, 0.1) is 5.92 Å². The molecule has 1 aliphatic carbocycles. The molecule has 0 fully saturated rings. The molecule has 1 aliphatic rings. The zero-order chi connectivity index (χ0) is 12.5. The van der Waals surface area contributed by atoms with E-state index in [1.807, 2.05) is 0 Å². The number of Topliss-reactive ketones (excluding diaryl/α,β-unsaturated/α-hetero) is 1. The first-order chi connectivity index (χ1) is 7.28. The lowest BCUT2D eigenvalue weighted by Crippen LogP contribution is -2.38. The Morgan fingerprint density at radius 2 is 2.06 bits per heavy atom.